The van der Waals surface area contributed by atoms with Crippen molar-refractivity contribution in [3.8, 4) is 10.6 Å². The molecule has 2 aromatic heterocycles. The minimum atomic E-state index is -0.0613. The smallest absolute Gasteiger partial charge is 0.251 e. The number of rotatable bonds is 7. The van der Waals surface area contributed by atoms with Gasteiger partial charge in [-0.2, -0.15) is 9.61 Å². The van der Waals surface area contributed by atoms with E-state index < -0.39 is 0 Å². The maximum Gasteiger partial charge on any atom is 0.251 e. The van der Waals surface area contributed by atoms with Crippen LogP contribution in [-0.2, 0) is 19.4 Å². The molecule has 0 bridgehead atoms. The third-order valence-electron chi connectivity index (χ3n) is 4.81. The molecule has 1 amide bonds. The lowest BCUT2D eigenvalue weighted by Crippen LogP contribution is -2.22. The van der Waals surface area contributed by atoms with Gasteiger partial charge in [-0.05, 0) is 36.1 Å². The van der Waals surface area contributed by atoms with E-state index in [0.717, 1.165) is 46.2 Å². The van der Waals surface area contributed by atoms with Gasteiger partial charge in [0, 0.05) is 24.1 Å². The molecule has 4 aromatic rings. The fraction of sp³-hybridized carbons (Fsp3) is 0.273. The van der Waals surface area contributed by atoms with Crippen molar-refractivity contribution in [3.05, 3.63) is 71.0 Å². The number of carbonyl (C=O) groups excluding carboxylic acids is 1. The Morgan fingerprint density at radius 1 is 1.00 bits per heavy atom. The fourth-order valence-corrected chi connectivity index (χ4v) is 3.96. The highest BCUT2D eigenvalue weighted by molar-refractivity contribution is 7.19. The molecule has 0 aliphatic carbocycles. The molecule has 148 valence electrons. The van der Waals surface area contributed by atoms with Gasteiger partial charge < -0.3 is 5.32 Å². The first-order valence-electron chi connectivity index (χ1n) is 9.85. The van der Waals surface area contributed by atoms with Crippen LogP contribution in [-0.4, -0.2) is 25.7 Å². The molecular formula is C22H23N5OS. The van der Waals surface area contributed by atoms with Crippen molar-refractivity contribution in [3.63, 3.8) is 0 Å². The lowest BCUT2D eigenvalue weighted by molar-refractivity contribution is 0.0951. The van der Waals surface area contributed by atoms with Crippen LogP contribution >= 0.6 is 11.3 Å². The molecule has 0 aliphatic heterocycles. The van der Waals surface area contributed by atoms with Crippen LogP contribution < -0.4 is 5.32 Å². The van der Waals surface area contributed by atoms with Gasteiger partial charge in [0.1, 0.15) is 5.01 Å². The van der Waals surface area contributed by atoms with Crippen molar-refractivity contribution < 1.29 is 4.79 Å². The summed E-state index contributed by atoms with van der Waals surface area (Å²) in [6, 6.07) is 15.8. The van der Waals surface area contributed by atoms with Crippen LogP contribution in [0.2, 0.25) is 0 Å². The van der Waals surface area contributed by atoms with Crippen LogP contribution in [0.25, 0.3) is 15.5 Å². The van der Waals surface area contributed by atoms with Gasteiger partial charge in [-0.15, -0.1) is 10.2 Å². The third kappa shape index (κ3) is 4.19. The predicted octanol–water partition coefficient (Wildman–Crippen LogP) is 4.30. The van der Waals surface area contributed by atoms with Gasteiger partial charge in [0.25, 0.3) is 5.91 Å². The summed E-state index contributed by atoms with van der Waals surface area (Å²) in [5.41, 5.74) is 3.99. The van der Waals surface area contributed by atoms with E-state index in [1.807, 2.05) is 53.0 Å². The number of carbonyl (C=O) groups is 1. The molecule has 1 N–H and O–H groups in total. The minimum Gasteiger partial charge on any atom is -0.348 e. The maximum atomic E-state index is 12.3. The van der Waals surface area contributed by atoms with Crippen molar-refractivity contribution >= 4 is 22.2 Å². The van der Waals surface area contributed by atoms with E-state index in [1.165, 1.54) is 16.9 Å². The number of benzene rings is 2. The number of amides is 1. The van der Waals surface area contributed by atoms with Gasteiger partial charge in [0.15, 0.2) is 5.82 Å². The van der Waals surface area contributed by atoms with Crippen LogP contribution in [0.1, 0.15) is 47.6 Å². The molecule has 7 heteroatoms. The van der Waals surface area contributed by atoms with Gasteiger partial charge in [-0.3, -0.25) is 4.79 Å². The van der Waals surface area contributed by atoms with Gasteiger partial charge in [-0.25, -0.2) is 0 Å². The van der Waals surface area contributed by atoms with Gasteiger partial charge in [0.2, 0.25) is 4.96 Å². The highest BCUT2D eigenvalue weighted by Gasteiger charge is 2.12. The molecule has 4 rings (SSSR count). The Morgan fingerprint density at radius 2 is 1.72 bits per heavy atom. The number of hydrogen-bond acceptors (Lipinski definition) is 5. The maximum absolute atomic E-state index is 12.3. The Labute approximate surface area is 173 Å². The molecule has 0 atom stereocenters. The van der Waals surface area contributed by atoms with E-state index in [-0.39, 0.29) is 5.91 Å². The van der Waals surface area contributed by atoms with Crippen molar-refractivity contribution in [2.75, 3.05) is 0 Å². The highest BCUT2D eigenvalue weighted by Crippen LogP contribution is 2.26. The summed E-state index contributed by atoms with van der Waals surface area (Å²) in [7, 11) is 0. The van der Waals surface area contributed by atoms with Crippen molar-refractivity contribution in [1.82, 2.24) is 25.1 Å². The average molecular weight is 406 g/mol. The Balaban J connectivity index is 1.41. The molecule has 0 unspecified atom stereocenters. The summed E-state index contributed by atoms with van der Waals surface area (Å²) in [6.07, 6.45) is 2.84. The summed E-state index contributed by atoms with van der Waals surface area (Å²) >= 11 is 1.53. The van der Waals surface area contributed by atoms with Crippen LogP contribution in [0.5, 0.6) is 0 Å². The van der Waals surface area contributed by atoms with E-state index in [1.54, 1.807) is 0 Å². The topological polar surface area (TPSA) is 72.2 Å². The minimum absolute atomic E-state index is 0.0613. The van der Waals surface area contributed by atoms with Crippen LogP contribution in [0.15, 0.2) is 48.5 Å². The molecule has 29 heavy (non-hydrogen) atoms. The van der Waals surface area contributed by atoms with E-state index in [2.05, 4.69) is 34.5 Å². The highest BCUT2D eigenvalue weighted by atomic mass is 32.1. The normalized spacial score (nSPS) is 11.1. The molecule has 2 heterocycles. The number of aryl methyl sites for hydroxylation is 2. The number of hydrogen-bond donors (Lipinski definition) is 1. The quantitative estimate of drug-likeness (QED) is 0.498. The lowest BCUT2D eigenvalue weighted by atomic mass is 10.1. The van der Waals surface area contributed by atoms with Gasteiger partial charge >= 0.3 is 0 Å². The number of nitrogens with one attached hydrogen (secondary N) is 1. The fourth-order valence-electron chi connectivity index (χ4n) is 3.10. The van der Waals surface area contributed by atoms with Gasteiger partial charge in [-0.1, -0.05) is 61.6 Å². The standard InChI is InChI=1S/C22H23N5OS/c1-3-5-19-24-25-22-27(19)26-21(29-22)18-12-8-16(9-13-18)14-23-20(28)17-10-6-15(4-2)7-11-17/h6-13H,3-5,14H2,1-2H3,(H,23,28). The van der Waals surface area contributed by atoms with Crippen molar-refractivity contribution in [2.45, 2.75) is 39.7 Å². The van der Waals surface area contributed by atoms with Gasteiger partial charge in [0.05, 0.1) is 0 Å². The monoisotopic (exact) mass is 405 g/mol. The summed E-state index contributed by atoms with van der Waals surface area (Å²) in [5, 5.41) is 17.0. The van der Waals surface area contributed by atoms with Crippen molar-refractivity contribution in [2.24, 2.45) is 0 Å². The van der Waals surface area contributed by atoms with E-state index in [0.29, 0.717) is 12.1 Å². The van der Waals surface area contributed by atoms with E-state index in [9.17, 15) is 4.79 Å². The van der Waals surface area contributed by atoms with E-state index in [4.69, 9.17) is 0 Å². The first kappa shape index (κ1) is 19.3. The van der Waals surface area contributed by atoms with Crippen LogP contribution in [0.3, 0.4) is 0 Å². The Hall–Kier alpha value is -3.06. The zero-order chi connectivity index (χ0) is 20.2. The molecule has 0 radical (unpaired) electrons. The summed E-state index contributed by atoms with van der Waals surface area (Å²) < 4.78 is 1.83. The SMILES string of the molecule is CCCc1nnc2sc(-c3ccc(CNC(=O)c4ccc(CC)cc4)cc3)nn12. The Kier molecular flexibility index (Phi) is 5.67. The molecular weight excluding hydrogens is 382 g/mol. The Morgan fingerprint density at radius 3 is 2.41 bits per heavy atom. The lowest BCUT2D eigenvalue weighted by Gasteiger charge is -2.07. The second kappa shape index (κ2) is 8.53. The molecule has 0 aliphatic rings. The number of nitrogens with zero attached hydrogens (tertiary/aromatic N) is 4. The zero-order valence-corrected chi connectivity index (χ0v) is 17.4. The molecule has 2 aromatic carbocycles. The zero-order valence-electron chi connectivity index (χ0n) is 16.6. The molecule has 0 spiro atoms. The molecule has 6 nitrogen and oxygen atoms in total. The third-order valence-corrected chi connectivity index (χ3v) is 5.76. The van der Waals surface area contributed by atoms with Crippen LogP contribution in [0, 0.1) is 0 Å². The summed E-state index contributed by atoms with van der Waals surface area (Å²) in [4.78, 5) is 13.1. The predicted molar refractivity (Wildman–Crippen MR) is 115 cm³/mol. The number of fused-ring (bicyclic) bond motifs is 1. The Bertz CT molecular complexity index is 1110. The second-order valence-corrected chi connectivity index (χ2v) is 7.85. The first-order valence-corrected chi connectivity index (χ1v) is 10.7. The number of aromatic nitrogens is 4. The van der Waals surface area contributed by atoms with Crippen LogP contribution in [0.4, 0.5) is 0 Å². The summed E-state index contributed by atoms with van der Waals surface area (Å²) in [6.45, 7) is 4.70. The second-order valence-electron chi connectivity index (χ2n) is 6.90. The first-order chi connectivity index (χ1) is 14.2. The largest absolute Gasteiger partial charge is 0.348 e. The summed E-state index contributed by atoms with van der Waals surface area (Å²) in [5.74, 6) is 0.838. The molecule has 0 fully saturated rings. The molecule has 0 saturated carbocycles. The average Bonchev–Trinajstić information content (AvgIpc) is 3.35. The van der Waals surface area contributed by atoms with Crippen molar-refractivity contribution in [1.29, 1.82) is 0 Å². The molecule has 0 saturated heterocycles. The van der Waals surface area contributed by atoms with E-state index >= 15 is 0 Å².